The van der Waals surface area contributed by atoms with Crippen LogP contribution in [0.2, 0.25) is 0 Å². The van der Waals surface area contributed by atoms with Gasteiger partial charge in [-0.05, 0) is 7.05 Å². The SMILES string of the molecule is CN1CCN(CC=CC(=O)O)CC1.Cl. The average molecular weight is 221 g/mol. The van der Waals surface area contributed by atoms with Crippen LogP contribution in [0.15, 0.2) is 12.2 Å². The van der Waals surface area contributed by atoms with Crippen molar-refractivity contribution in [3.63, 3.8) is 0 Å². The number of nitrogens with zero attached hydrogens (tertiary/aromatic N) is 2. The molecule has 0 bridgehead atoms. The number of carbonyl (C=O) groups is 1. The Labute approximate surface area is 90.6 Å². The first-order valence-corrected chi connectivity index (χ1v) is 4.49. The van der Waals surface area contributed by atoms with E-state index in [0.717, 1.165) is 32.7 Å². The second-order valence-corrected chi connectivity index (χ2v) is 3.34. The van der Waals surface area contributed by atoms with E-state index in [9.17, 15) is 4.79 Å². The molecule has 1 fully saturated rings. The molecule has 0 unspecified atom stereocenters. The molecule has 0 spiro atoms. The Morgan fingerprint density at radius 3 is 2.43 bits per heavy atom. The fourth-order valence-corrected chi connectivity index (χ4v) is 1.33. The Hall–Kier alpha value is -0.580. The average Bonchev–Trinajstić information content (AvgIpc) is 2.08. The van der Waals surface area contributed by atoms with E-state index in [2.05, 4.69) is 16.8 Å². The summed E-state index contributed by atoms with van der Waals surface area (Å²) >= 11 is 0. The molecule has 82 valence electrons. The van der Waals surface area contributed by atoms with Crippen LogP contribution in [0.1, 0.15) is 0 Å². The van der Waals surface area contributed by atoms with Crippen molar-refractivity contribution in [3.8, 4) is 0 Å². The summed E-state index contributed by atoms with van der Waals surface area (Å²) < 4.78 is 0. The topological polar surface area (TPSA) is 43.8 Å². The Morgan fingerprint density at radius 1 is 1.36 bits per heavy atom. The van der Waals surface area contributed by atoms with E-state index >= 15 is 0 Å². The maximum atomic E-state index is 10.2. The zero-order chi connectivity index (χ0) is 9.68. The van der Waals surface area contributed by atoms with Crippen molar-refractivity contribution < 1.29 is 9.90 Å². The maximum Gasteiger partial charge on any atom is 0.328 e. The second kappa shape index (κ2) is 6.81. The molecule has 0 amide bonds. The number of hydrogen-bond acceptors (Lipinski definition) is 3. The summed E-state index contributed by atoms with van der Waals surface area (Å²) in [4.78, 5) is 14.7. The first-order valence-electron chi connectivity index (χ1n) is 4.49. The Morgan fingerprint density at radius 2 is 1.93 bits per heavy atom. The van der Waals surface area contributed by atoms with Gasteiger partial charge in [0.1, 0.15) is 0 Å². The quantitative estimate of drug-likeness (QED) is 0.695. The van der Waals surface area contributed by atoms with Crippen LogP contribution in [0.5, 0.6) is 0 Å². The van der Waals surface area contributed by atoms with Gasteiger partial charge >= 0.3 is 5.97 Å². The summed E-state index contributed by atoms with van der Waals surface area (Å²) in [6, 6.07) is 0. The highest BCUT2D eigenvalue weighted by Crippen LogP contribution is 1.98. The number of rotatable bonds is 3. The molecule has 5 heteroatoms. The molecule has 0 aromatic carbocycles. The number of halogens is 1. The van der Waals surface area contributed by atoms with Crippen LogP contribution >= 0.6 is 12.4 Å². The Bertz CT molecular complexity index is 201. The molecule has 1 N–H and O–H groups in total. The minimum absolute atomic E-state index is 0. The monoisotopic (exact) mass is 220 g/mol. The van der Waals surface area contributed by atoms with Gasteiger partial charge in [-0.15, -0.1) is 12.4 Å². The highest BCUT2D eigenvalue weighted by molar-refractivity contribution is 5.85. The largest absolute Gasteiger partial charge is 0.478 e. The molecule has 0 saturated carbocycles. The van der Waals surface area contributed by atoms with Crippen LogP contribution in [0.25, 0.3) is 0 Å². The van der Waals surface area contributed by atoms with Crippen molar-refractivity contribution in [1.29, 1.82) is 0 Å². The zero-order valence-corrected chi connectivity index (χ0v) is 9.16. The van der Waals surface area contributed by atoms with Crippen molar-refractivity contribution >= 4 is 18.4 Å². The first-order chi connectivity index (χ1) is 6.18. The predicted molar refractivity (Wildman–Crippen MR) is 58.0 cm³/mol. The molecule has 0 aliphatic carbocycles. The van der Waals surface area contributed by atoms with Crippen LogP contribution in [0, 0.1) is 0 Å². The summed E-state index contributed by atoms with van der Waals surface area (Å²) in [5, 5.41) is 8.37. The molecular weight excluding hydrogens is 204 g/mol. The van der Waals surface area contributed by atoms with Crippen molar-refractivity contribution in [3.05, 3.63) is 12.2 Å². The van der Waals surface area contributed by atoms with Gasteiger partial charge in [-0.3, -0.25) is 4.90 Å². The number of piperazine rings is 1. The normalized spacial score (nSPS) is 19.5. The molecule has 1 aliphatic heterocycles. The van der Waals surface area contributed by atoms with E-state index in [1.165, 1.54) is 6.08 Å². The van der Waals surface area contributed by atoms with E-state index in [1.54, 1.807) is 6.08 Å². The fraction of sp³-hybridized carbons (Fsp3) is 0.667. The number of carboxylic acids is 1. The maximum absolute atomic E-state index is 10.2. The molecule has 1 heterocycles. The van der Waals surface area contributed by atoms with E-state index < -0.39 is 5.97 Å². The van der Waals surface area contributed by atoms with Gasteiger partial charge in [-0.1, -0.05) is 6.08 Å². The lowest BCUT2D eigenvalue weighted by atomic mass is 10.3. The van der Waals surface area contributed by atoms with E-state index in [-0.39, 0.29) is 12.4 Å². The fourth-order valence-electron chi connectivity index (χ4n) is 1.33. The third-order valence-corrected chi connectivity index (χ3v) is 2.22. The minimum Gasteiger partial charge on any atom is -0.478 e. The Balaban J connectivity index is 0.00000169. The molecule has 1 aliphatic rings. The zero-order valence-electron chi connectivity index (χ0n) is 8.35. The standard InChI is InChI=1S/C9H16N2O2.ClH/c1-10-5-7-11(8-6-10)4-2-3-9(12)13;/h2-3H,4-8H2,1H3,(H,12,13);1H. The van der Waals surface area contributed by atoms with Crippen LogP contribution < -0.4 is 0 Å². The van der Waals surface area contributed by atoms with Crippen molar-refractivity contribution in [2.75, 3.05) is 39.8 Å². The predicted octanol–water partition coefficient (Wildman–Crippen LogP) is 0.296. The Kier molecular flexibility index (Phi) is 6.53. The van der Waals surface area contributed by atoms with Crippen LogP contribution in [0.4, 0.5) is 0 Å². The summed E-state index contributed by atoms with van der Waals surface area (Å²) in [5.41, 5.74) is 0. The summed E-state index contributed by atoms with van der Waals surface area (Å²) in [7, 11) is 2.10. The number of aliphatic carboxylic acids is 1. The third-order valence-electron chi connectivity index (χ3n) is 2.22. The van der Waals surface area contributed by atoms with Crippen molar-refractivity contribution in [2.24, 2.45) is 0 Å². The minimum atomic E-state index is -0.867. The van der Waals surface area contributed by atoms with Gasteiger partial charge in [-0.2, -0.15) is 0 Å². The van der Waals surface area contributed by atoms with E-state index in [4.69, 9.17) is 5.11 Å². The number of carboxylic acid groups (broad SMARTS) is 1. The van der Waals surface area contributed by atoms with Gasteiger partial charge in [0.05, 0.1) is 0 Å². The molecule has 1 saturated heterocycles. The van der Waals surface area contributed by atoms with Gasteiger partial charge in [0.2, 0.25) is 0 Å². The lowest BCUT2D eigenvalue weighted by Crippen LogP contribution is -2.44. The molecule has 14 heavy (non-hydrogen) atoms. The van der Waals surface area contributed by atoms with Gasteiger partial charge in [0.15, 0.2) is 0 Å². The van der Waals surface area contributed by atoms with Crippen LogP contribution in [0.3, 0.4) is 0 Å². The molecule has 0 aromatic rings. The number of likely N-dealkylation sites (N-methyl/N-ethyl adjacent to an activating group) is 1. The smallest absolute Gasteiger partial charge is 0.328 e. The summed E-state index contributed by atoms with van der Waals surface area (Å²) in [6.45, 7) is 4.95. The second-order valence-electron chi connectivity index (χ2n) is 3.34. The molecule has 0 aromatic heterocycles. The van der Waals surface area contributed by atoms with Crippen molar-refractivity contribution in [1.82, 2.24) is 9.80 Å². The van der Waals surface area contributed by atoms with E-state index in [0.29, 0.717) is 0 Å². The molecule has 0 radical (unpaired) electrons. The molecule has 0 atom stereocenters. The van der Waals surface area contributed by atoms with Gasteiger partial charge in [-0.25, -0.2) is 4.79 Å². The first kappa shape index (κ1) is 13.4. The third kappa shape index (κ3) is 5.21. The van der Waals surface area contributed by atoms with Gasteiger partial charge in [0, 0.05) is 38.8 Å². The van der Waals surface area contributed by atoms with Crippen LogP contribution in [-0.4, -0.2) is 60.6 Å². The summed E-state index contributed by atoms with van der Waals surface area (Å²) in [5.74, 6) is -0.867. The molecular formula is C9H17ClN2O2. The highest BCUT2D eigenvalue weighted by atomic mass is 35.5. The van der Waals surface area contributed by atoms with Crippen LogP contribution in [-0.2, 0) is 4.79 Å². The summed E-state index contributed by atoms with van der Waals surface area (Å²) in [6.07, 6.45) is 2.91. The van der Waals surface area contributed by atoms with E-state index in [1.807, 2.05) is 0 Å². The lowest BCUT2D eigenvalue weighted by molar-refractivity contribution is -0.131. The highest BCUT2D eigenvalue weighted by Gasteiger charge is 2.11. The number of hydrogen-bond donors (Lipinski definition) is 1. The van der Waals surface area contributed by atoms with Gasteiger partial charge < -0.3 is 10.0 Å². The van der Waals surface area contributed by atoms with Gasteiger partial charge in [0.25, 0.3) is 0 Å². The van der Waals surface area contributed by atoms with Crippen molar-refractivity contribution in [2.45, 2.75) is 0 Å². The lowest BCUT2D eigenvalue weighted by Gasteiger charge is -2.31. The molecule has 1 rings (SSSR count). The molecule has 4 nitrogen and oxygen atoms in total.